The normalized spacial score (nSPS) is 12.2. The van der Waals surface area contributed by atoms with Crippen molar-refractivity contribution >= 4 is 0 Å². The van der Waals surface area contributed by atoms with Gasteiger partial charge in [0.25, 0.3) is 0 Å². The summed E-state index contributed by atoms with van der Waals surface area (Å²) in [7, 11) is 1.69. The van der Waals surface area contributed by atoms with E-state index in [0.29, 0.717) is 0 Å². The summed E-state index contributed by atoms with van der Waals surface area (Å²) in [6.07, 6.45) is 0. The highest BCUT2D eigenvalue weighted by molar-refractivity contribution is 5.37. The van der Waals surface area contributed by atoms with Crippen LogP contribution < -0.4 is 10.1 Å². The van der Waals surface area contributed by atoms with E-state index < -0.39 is 0 Å². The van der Waals surface area contributed by atoms with E-state index in [4.69, 9.17) is 4.74 Å². The summed E-state index contributed by atoms with van der Waals surface area (Å²) in [5.74, 6) is 0.878. The first-order valence-corrected chi connectivity index (χ1v) is 6.97. The summed E-state index contributed by atoms with van der Waals surface area (Å²) in [6.45, 7) is 7.11. The second-order valence-electron chi connectivity index (χ2n) is 4.89. The van der Waals surface area contributed by atoms with Gasteiger partial charge in [0.05, 0.1) is 13.2 Å². The van der Waals surface area contributed by atoms with Crippen LogP contribution in [-0.4, -0.2) is 18.6 Å². The largest absolute Gasteiger partial charge is 0.497 e. The van der Waals surface area contributed by atoms with Gasteiger partial charge in [0.1, 0.15) is 5.75 Å². The monoisotopic (exact) mass is 270 g/mol. The number of nitrogens with zero attached hydrogens (tertiary/aromatic N) is 1. The highest BCUT2D eigenvalue weighted by Gasteiger charge is 2.15. The molecule has 0 spiro atoms. The highest BCUT2D eigenvalue weighted by Crippen LogP contribution is 2.25. The van der Waals surface area contributed by atoms with Gasteiger partial charge < -0.3 is 10.1 Å². The molecule has 0 saturated carbocycles. The molecule has 0 radical (unpaired) electrons. The summed E-state index contributed by atoms with van der Waals surface area (Å²) in [6, 6.07) is 12.6. The third-order valence-corrected chi connectivity index (χ3v) is 3.43. The average Bonchev–Trinajstić information content (AvgIpc) is 2.46. The predicted octanol–water partition coefficient (Wildman–Crippen LogP) is 3.41. The fourth-order valence-electron chi connectivity index (χ4n) is 2.41. The molecule has 0 aliphatic heterocycles. The number of aryl methyl sites for hydroxylation is 2. The molecule has 3 nitrogen and oxygen atoms in total. The SMILES string of the molecule is CCNC(c1ccc(OC)cc1)c1ccc(C)nc1C. The summed E-state index contributed by atoms with van der Waals surface area (Å²) < 4.78 is 5.22. The van der Waals surface area contributed by atoms with Crippen LogP contribution in [0.25, 0.3) is 0 Å². The first kappa shape index (κ1) is 14.5. The molecule has 0 aliphatic carbocycles. The number of aromatic nitrogens is 1. The molecule has 1 aromatic heterocycles. The Balaban J connectivity index is 2.38. The fraction of sp³-hybridized carbons (Fsp3) is 0.353. The van der Waals surface area contributed by atoms with Crippen molar-refractivity contribution in [3.8, 4) is 5.75 Å². The van der Waals surface area contributed by atoms with Gasteiger partial charge in [0.2, 0.25) is 0 Å². The standard InChI is InChI=1S/C17H22N2O/c1-5-18-17(14-7-9-15(20-4)10-8-14)16-11-6-12(2)19-13(16)3/h6-11,17-18H,5H2,1-4H3. The van der Waals surface area contributed by atoms with Gasteiger partial charge in [0, 0.05) is 11.4 Å². The molecule has 1 atom stereocenters. The van der Waals surface area contributed by atoms with Gasteiger partial charge in [-0.1, -0.05) is 25.1 Å². The fourth-order valence-corrected chi connectivity index (χ4v) is 2.41. The Bertz CT molecular complexity index is 564. The minimum Gasteiger partial charge on any atom is -0.497 e. The van der Waals surface area contributed by atoms with Crippen molar-refractivity contribution in [1.82, 2.24) is 10.3 Å². The van der Waals surface area contributed by atoms with Crippen LogP contribution in [0.5, 0.6) is 5.75 Å². The quantitative estimate of drug-likeness (QED) is 0.904. The van der Waals surface area contributed by atoms with Crippen molar-refractivity contribution < 1.29 is 4.74 Å². The zero-order chi connectivity index (χ0) is 14.5. The van der Waals surface area contributed by atoms with Gasteiger partial charge in [0.15, 0.2) is 0 Å². The number of ether oxygens (including phenoxy) is 1. The average molecular weight is 270 g/mol. The van der Waals surface area contributed by atoms with Crippen molar-refractivity contribution in [3.63, 3.8) is 0 Å². The Morgan fingerprint density at radius 2 is 1.80 bits per heavy atom. The number of pyridine rings is 1. The molecule has 2 aromatic rings. The van der Waals surface area contributed by atoms with Crippen LogP contribution >= 0.6 is 0 Å². The molecule has 0 bridgehead atoms. The maximum Gasteiger partial charge on any atom is 0.118 e. The molecule has 1 heterocycles. The Morgan fingerprint density at radius 1 is 1.10 bits per heavy atom. The van der Waals surface area contributed by atoms with Crippen molar-refractivity contribution in [1.29, 1.82) is 0 Å². The first-order valence-electron chi connectivity index (χ1n) is 6.97. The lowest BCUT2D eigenvalue weighted by Crippen LogP contribution is -2.23. The maximum atomic E-state index is 5.22. The number of hydrogen-bond acceptors (Lipinski definition) is 3. The van der Waals surface area contributed by atoms with E-state index in [1.165, 1.54) is 11.1 Å². The molecule has 0 fully saturated rings. The van der Waals surface area contributed by atoms with Gasteiger partial charge in [-0.15, -0.1) is 0 Å². The molecule has 0 amide bonds. The Morgan fingerprint density at radius 3 is 2.35 bits per heavy atom. The van der Waals surface area contributed by atoms with Crippen LogP contribution in [0.3, 0.4) is 0 Å². The second-order valence-corrected chi connectivity index (χ2v) is 4.89. The maximum absolute atomic E-state index is 5.22. The minimum absolute atomic E-state index is 0.166. The molecule has 0 saturated heterocycles. The number of hydrogen-bond donors (Lipinski definition) is 1. The summed E-state index contributed by atoms with van der Waals surface area (Å²) in [5, 5.41) is 3.53. The topological polar surface area (TPSA) is 34.1 Å². The molecular weight excluding hydrogens is 248 g/mol. The van der Waals surface area contributed by atoms with Crippen molar-refractivity contribution in [2.45, 2.75) is 26.8 Å². The van der Waals surface area contributed by atoms with E-state index in [0.717, 1.165) is 23.7 Å². The van der Waals surface area contributed by atoms with Crippen LogP contribution in [-0.2, 0) is 0 Å². The van der Waals surface area contributed by atoms with Gasteiger partial charge in [-0.25, -0.2) is 0 Å². The third kappa shape index (κ3) is 3.17. The van der Waals surface area contributed by atoms with Gasteiger partial charge in [-0.3, -0.25) is 4.98 Å². The summed E-state index contributed by atoms with van der Waals surface area (Å²) in [5.41, 5.74) is 4.58. The van der Waals surface area contributed by atoms with Crippen molar-refractivity contribution in [3.05, 3.63) is 58.9 Å². The Labute approximate surface area is 121 Å². The smallest absolute Gasteiger partial charge is 0.118 e. The molecule has 1 aromatic carbocycles. The van der Waals surface area contributed by atoms with E-state index in [-0.39, 0.29) is 6.04 Å². The number of benzene rings is 1. The minimum atomic E-state index is 0.166. The molecule has 1 unspecified atom stereocenters. The lowest BCUT2D eigenvalue weighted by atomic mass is 9.97. The molecule has 0 aliphatic rings. The van der Waals surface area contributed by atoms with E-state index in [1.807, 2.05) is 19.1 Å². The lowest BCUT2D eigenvalue weighted by Gasteiger charge is -2.21. The number of methoxy groups -OCH3 is 1. The third-order valence-electron chi connectivity index (χ3n) is 3.43. The van der Waals surface area contributed by atoms with Gasteiger partial charge in [-0.05, 0) is 49.7 Å². The molecule has 3 heteroatoms. The summed E-state index contributed by atoms with van der Waals surface area (Å²) >= 11 is 0. The number of rotatable bonds is 5. The zero-order valence-corrected chi connectivity index (χ0v) is 12.6. The second kappa shape index (κ2) is 6.53. The van der Waals surface area contributed by atoms with E-state index in [9.17, 15) is 0 Å². The van der Waals surface area contributed by atoms with Crippen LogP contribution in [0.1, 0.15) is 35.5 Å². The van der Waals surface area contributed by atoms with Crippen molar-refractivity contribution in [2.24, 2.45) is 0 Å². The predicted molar refractivity (Wildman–Crippen MR) is 82.2 cm³/mol. The van der Waals surface area contributed by atoms with E-state index in [2.05, 4.69) is 48.4 Å². The van der Waals surface area contributed by atoms with Crippen LogP contribution in [0.2, 0.25) is 0 Å². The molecule has 2 rings (SSSR count). The first-order chi connectivity index (χ1) is 9.65. The van der Waals surface area contributed by atoms with E-state index >= 15 is 0 Å². The van der Waals surface area contributed by atoms with Crippen LogP contribution in [0.15, 0.2) is 36.4 Å². The summed E-state index contributed by atoms with van der Waals surface area (Å²) in [4.78, 5) is 4.57. The van der Waals surface area contributed by atoms with Crippen LogP contribution in [0.4, 0.5) is 0 Å². The Kier molecular flexibility index (Phi) is 4.74. The van der Waals surface area contributed by atoms with E-state index in [1.54, 1.807) is 7.11 Å². The molecular formula is C17H22N2O. The number of nitrogens with one attached hydrogen (secondary N) is 1. The molecule has 1 N–H and O–H groups in total. The Hall–Kier alpha value is -1.87. The van der Waals surface area contributed by atoms with Gasteiger partial charge >= 0.3 is 0 Å². The van der Waals surface area contributed by atoms with Crippen molar-refractivity contribution in [2.75, 3.05) is 13.7 Å². The van der Waals surface area contributed by atoms with Crippen LogP contribution in [0, 0.1) is 13.8 Å². The lowest BCUT2D eigenvalue weighted by molar-refractivity contribution is 0.414. The zero-order valence-electron chi connectivity index (χ0n) is 12.6. The molecule has 20 heavy (non-hydrogen) atoms. The molecule has 106 valence electrons. The highest BCUT2D eigenvalue weighted by atomic mass is 16.5. The van der Waals surface area contributed by atoms with Gasteiger partial charge in [-0.2, -0.15) is 0 Å².